The van der Waals surface area contributed by atoms with Crippen molar-refractivity contribution < 1.29 is 28.9 Å². The van der Waals surface area contributed by atoms with Crippen molar-refractivity contribution in [3.05, 3.63) is 47.6 Å². The average Bonchev–Trinajstić information content (AvgIpc) is 4.17. The van der Waals surface area contributed by atoms with Gasteiger partial charge in [0.05, 0.1) is 80.6 Å². The summed E-state index contributed by atoms with van der Waals surface area (Å²) in [5.74, 6) is 2.14. The van der Waals surface area contributed by atoms with Gasteiger partial charge in [0.25, 0.3) is 0 Å². The number of Topliss-reactive ketones (excluding diaryl/α,β-unsaturated/α-hetero) is 4. The van der Waals surface area contributed by atoms with E-state index in [9.17, 15) is 19.2 Å². The Kier molecular flexibility index (Phi) is 35.5. The molecule has 4 heterocycles. The highest BCUT2D eigenvalue weighted by Crippen LogP contribution is 2.29. The highest BCUT2D eigenvalue weighted by molar-refractivity contribution is 8.00. The second kappa shape index (κ2) is 37.7. The van der Waals surface area contributed by atoms with Gasteiger partial charge in [0.1, 0.15) is 25.8 Å². The van der Waals surface area contributed by atoms with E-state index < -0.39 is 11.8 Å². The highest BCUT2D eigenvalue weighted by Gasteiger charge is 2.38. The van der Waals surface area contributed by atoms with E-state index in [2.05, 4.69) is 71.2 Å². The van der Waals surface area contributed by atoms with Crippen molar-refractivity contribution in [2.75, 3.05) is 39.8 Å². The first-order chi connectivity index (χ1) is 32.8. The van der Waals surface area contributed by atoms with Crippen LogP contribution in [0, 0.1) is 39.5 Å². The smallest absolute Gasteiger partial charge is 0.156 e. The number of nitrogens with zero attached hydrogens (tertiary/aromatic N) is 16. The molecule has 0 amide bonds. The molecular weight excluding hydrogens is 941 g/mol. The van der Waals surface area contributed by atoms with Crippen molar-refractivity contribution >= 4 is 69.8 Å². The zero-order chi connectivity index (χ0) is 53.9. The monoisotopic (exact) mass is 1020 g/mol. The van der Waals surface area contributed by atoms with E-state index in [1.807, 2.05) is 96.0 Å². The number of carbonyl (C=O) groups is 4. The van der Waals surface area contributed by atoms with Crippen LogP contribution in [0.5, 0.6) is 0 Å². The van der Waals surface area contributed by atoms with Gasteiger partial charge in [0.2, 0.25) is 0 Å². The first-order valence-electron chi connectivity index (χ1n) is 22.0. The lowest BCUT2D eigenvalue weighted by Gasteiger charge is -2.06. The van der Waals surface area contributed by atoms with Gasteiger partial charge in [-0.2, -0.15) is 0 Å². The number of thioether (sulfide) groups is 2. The summed E-state index contributed by atoms with van der Waals surface area (Å²) in [4.78, 5) is 62.1. The van der Waals surface area contributed by atoms with Crippen molar-refractivity contribution in [1.29, 1.82) is 0 Å². The number of nitrogens with two attached hydrogens (primary N) is 2. The number of rotatable bonds is 10. The molecule has 4 aromatic rings. The molecule has 4 aromatic heterocycles. The zero-order valence-corrected chi connectivity index (χ0v) is 46.1. The molecule has 26 heteroatoms. The second-order valence-corrected chi connectivity index (χ2v) is 18.4. The fraction of sp³-hybridized carbons (Fsp3) is 0.636. The molecule has 24 nitrogen and oxygen atoms in total. The lowest BCUT2D eigenvalue weighted by Crippen LogP contribution is -2.17. The summed E-state index contributed by atoms with van der Waals surface area (Å²) in [5, 5.41) is 36.2. The summed E-state index contributed by atoms with van der Waals surface area (Å²) in [6, 6.07) is 0. The van der Waals surface area contributed by atoms with E-state index in [0.717, 1.165) is 45.7 Å². The Labute approximate surface area is 421 Å². The first kappa shape index (κ1) is 65.9. The number of amidine groups is 2. The van der Waals surface area contributed by atoms with E-state index in [1.165, 1.54) is 37.7 Å². The van der Waals surface area contributed by atoms with Crippen molar-refractivity contribution in [3.63, 3.8) is 0 Å². The number of hydrogen-bond acceptors (Lipinski definition) is 20. The van der Waals surface area contributed by atoms with Crippen LogP contribution in [-0.4, -0.2) is 157 Å². The minimum absolute atomic E-state index is 0.0645. The predicted molar refractivity (Wildman–Crippen MR) is 279 cm³/mol. The molecule has 0 aliphatic heterocycles. The Balaban J connectivity index is 0. The molecule has 4 unspecified atom stereocenters. The molecule has 0 aromatic carbocycles. The minimum atomic E-state index is -0.403. The van der Waals surface area contributed by atoms with E-state index in [-0.39, 0.29) is 33.6 Å². The predicted octanol–water partition coefficient (Wildman–Crippen LogP) is 3.84. The third-order valence-electron chi connectivity index (χ3n) is 9.02. The van der Waals surface area contributed by atoms with Crippen LogP contribution < -0.4 is 11.5 Å². The molecule has 392 valence electrons. The summed E-state index contributed by atoms with van der Waals surface area (Å²) >= 11 is 3.02. The summed E-state index contributed by atoms with van der Waals surface area (Å²) in [6.45, 7) is 18.6. The Morgan fingerprint density at radius 2 is 0.957 bits per heavy atom. The molecule has 2 aliphatic carbocycles. The van der Waals surface area contributed by atoms with Gasteiger partial charge in [-0.3, -0.25) is 47.9 Å². The summed E-state index contributed by atoms with van der Waals surface area (Å²) in [6.07, 6.45) is 9.28. The second-order valence-electron chi connectivity index (χ2n) is 15.7. The van der Waals surface area contributed by atoms with Gasteiger partial charge in [-0.15, -0.1) is 43.9 Å². The van der Waals surface area contributed by atoms with Gasteiger partial charge >= 0.3 is 0 Å². The largest absolute Gasteiger partial charge is 0.399 e. The molecular formula is C44H78N18O6S2. The average molecular weight is 1020 g/mol. The third-order valence-corrected chi connectivity index (χ3v) is 11.5. The number of aliphatic imine (C=N–C) groups is 2. The lowest BCUT2D eigenvalue weighted by molar-refractivity contribution is -0.127. The Morgan fingerprint density at radius 3 is 1.09 bits per heavy atom. The topological polar surface area (TPSA) is 311 Å². The molecule has 0 bridgehead atoms. The maximum atomic E-state index is 11.6. The van der Waals surface area contributed by atoms with Crippen LogP contribution >= 0.6 is 23.5 Å². The van der Waals surface area contributed by atoms with Crippen LogP contribution in [0.15, 0.2) is 45.1 Å². The van der Waals surface area contributed by atoms with Gasteiger partial charge in [-0.25, -0.2) is 0 Å². The van der Waals surface area contributed by atoms with E-state index >= 15 is 0 Å². The van der Waals surface area contributed by atoms with Crippen molar-refractivity contribution in [2.24, 2.45) is 71.8 Å². The molecule has 0 radical (unpaired) electrons. The number of aromatic nitrogens is 12. The van der Waals surface area contributed by atoms with Crippen molar-refractivity contribution in [3.8, 4) is 0 Å². The maximum Gasteiger partial charge on any atom is 0.156 e. The number of hydrogen-bond donors (Lipinski definition) is 2. The third kappa shape index (κ3) is 31.0. The van der Waals surface area contributed by atoms with Gasteiger partial charge in [-0.05, 0) is 69.2 Å². The molecule has 2 saturated carbocycles. The standard InChI is InChI=1S/2C10H16N2O2S.4C4H7N3.2C4H9NO/c2*1-6-7(13)5-8(10(6)14)15-4-3-9(11)12-2;2*1-4-3-7(2)6-5-4;2*1-4-3-5-6-7(4)2;2*1-4(2)5-6-3/h2*6,8H,3-5H2,1-2H3,(H2,11,12);4*3H,1-2H3;2*1-3H3. The lowest BCUT2D eigenvalue weighted by atomic mass is 10.1. The quantitative estimate of drug-likeness (QED) is 0.0986. The van der Waals surface area contributed by atoms with E-state index in [4.69, 9.17) is 11.5 Å². The van der Waals surface area contributed by atoms with Crippen LogP contribution in [0.2, 0.25) is 0 Å². The number of carbonyl (C=O) groups excluding carboxylic acids is 4. The summed E-state index contributed by atoms with van der Waals surface area (Å²) in [5.41, 5.74) is 17.0. The van der Waals surface area contributed by atoms with Gasteiger partial charge in [0, 0.05) is 91.9 Å². The van der Waals surface area contributed by atoms with Crippen LogP contribution in [0.1, 0.15) is 90.0 Å². The molecule has 6 rings (SSSR count). The van der Waals surface area contributed by atoms with Crippen LogP contribution in [0.4, 0.5) is 0 Å². The molecule has 0 saturated heterocycles. The van der Waals surface area contributed by atoms with Gasteiger partial charge in [-0.1, -0.05) is 31.2 Å². The van der Waals surface area contributed by atoms with Gasteiger partial charge in [0.15, 0.2) is 11.6 Å². The maximum absolute atomic E-state index is 11.6. The normalized spacial score (nSPS) is 16.8. The summed E-state index contributed by atoms with van der Waals surface area (Å²) < 4.78 is 6.80. The molecule has 0 spiro atoms. The number of ketones is 4. The fourth-order valence-electron chi connectivity index (χ4n) is 4.89. The van der Waals surface area contributed by atoms with E-state index in [1.54, 1.807) is 59.1 Å². The SMILES string of the molecule is CN=C(N)CCSC1CC(=O)C(C)C1=O.CN=C(N)CCSC1CC(=O)C(C)C1=O.CON=C(C)C.CON=C(C)C.Cc1cn(C)nn1.Cc1cn(C)nn1.Cc1cnnn1C.Cc1cnnn1C. The Hall–Kier alpha value is -6.18. The van der Waals surface area contributed by atoms with Crippen LogP contribution in [0.3, 0.4) is 0 Å². The van der Waals surface area contributed by atoms with Gasteiger partial charge < -0.3 is 21.1 Å². The molecule has 4 N–H and O–H groups in total. The minimum Gasteiger partial charge on any atom is -0.399 e. The number of oxime groups is 2. The summed E-state index contributed by atoms with van der Waals surface area (Å²) in [7, 11) is 13.8. The van der Waals surface area contributed by atoms with Crippen LogP contribution in [-0.2, 0) is 57.0 Å². The first-order valence-corrected chi connectivity index (χ1v) is 24.1. The Morgan fingerprint density at radius 1 is 0.629 bits per heavy atom. The van der Waals surface area contributed by atoms with Crippen LogP contribution in [0.25, 0.3) is 0 Å². The number of aryl methyl sites for hydroxylation is 8. The molecule has 2 fully saturated rings. The molecule has 70 heavy (non-hydrogen) atoms. The Bertz CT molecular complexity index is 2020. The van der Waals surface area contributed by atoms with E-state index in [0.29, 0.717) is 37.4 Å². The molecule has 2 aliphatic rings. The van der Waals surface area contributed by atoms with Crippen molar-refractivity contribution in [2.45, 2.75) is 105 Å². The fourth-order valence-corrected chi connectivity index (χ4v) is 7.41. The van der Waals surface area contributed by atoms with Crippen molar-refractivity contribution in [1.82, 2.24) is 60.0 Å². The zero-order valence-electron chi connectivity index (χ0n) is 44.4. The highest BCUT2D eigenvalue weighted by atomic mass is 32.2. The molecule has 4 atom stereocenters.